The van der Waals surface area contributed by atoms with Crippen LogP contribution in [0.5, 0.6) is 0 Å². The lowest BCUT2D eigenvalue weighted by Gasteiger charge is -2.34. The van der Waals surface area contributed by atoms with E-state index in [2.05, 4.69) is 27.5 Å². The second-order valence-electron chi connectivity index (χ2n) is 10.9. The highest BCUT2D eigenvalue weighted by Gasteiger charge is 2.21. The molecule has 0 unspecified atom stereocenters. The maximum absolute atomic E-state index is 14.3. The lowest BCUT2D eigenvalue weighted by molar-refractivity contribution is -0.129. The van der Waals surface area contributed by atoms with Crippen molar-refractivity contribution in [1.82, 2.24) is 15.7 Å². The first kappa shape index (κ1) is 32.7. The molecule has 0 bridgehead atoms. The number of amides is 3. The number of rotatable bonds is 11. The first-order valence-corrected chi connectivity index (χ1v) is 14.9. The van der Waals surface area contributed by atoms with Crippen molar-refractivity contribution in [2.45, 2.75) is 32.6 Å². The molecule has 3 aromatic rings. The Morgan fingerprint density at radius 1 is 0.977 bits per heavy atom. The van der Waals surface area contributed by atoms with E-state index >= 15 is 0 Å². The molecule has 234 valence electrons. The number of carbonyl (C=O) groups excluding carboxylic acids is 3. The largest absolute Gasteiger partial charge is 0.396 e. The van der Waals surface area contributed by atoms with Crippen LogP contribution in [0.25, 0.3) is 11.1 Å². The van der Waals surface area contributed by atoms with E-state index in [1.807, 2.05) is 24.3 Å². The van der Waals surface area contributed by atoms with E-state index in [1.54, 1.807) is 23.7 Å². The van der Waals surface area contributed by atoms with E-state index in [-0.39, 0.29) is 34.2 Å². The Hall–Kier alpha value is -4.19. The second kappa shape index (κ2) is 15.0. The van der Waals surface area contributed by atoms with Crippen LogP contribution in [0, 0.1) is 12.7 Å². The fourth-order valence-electron chi connectivity index (χ4n) is 5.06. The van der Waals surface area contributed by atoms with E-state index in [9.17, 15) is 18.8 Å². The third-order valence-electron chi connectivity index (χ3n) is 7.76. The third-order valence-corrected chi connectivity index (χ3v) is 8.25. The predicted molar refractivity (Wildman–Crippen MR) is 171 cm³/mol. The lowest BCUT2D eigenvalue weighted by Crippen LogP contribution is -2.44. The van der Waals surface area contributed by atoms with Gasteiger partial charge in [0.2, 0.25) is 5.91 Å². The second-order valence-corrected chi connectivity index (χ2v) is 11.3. The van der Waals surface area contributed by atoms with Gasteiger partial charge in [0.1, 0.15) is 0 Å². The van der Waals surface area contributed by atoms with Crippen LogP contribution in [0.15, 0.2) is 48.5 Å². The van der Waals surface area contributed by atoms with Gasteiger partial charge < -0.3 is 26.2 Å². The number of hydroxylamine groups is 1. The van der Waals surface area contributed by atoms with Crippen LogP contribution in [0.3, 0.4) is 0 Å². The average molecular weight is 625 g/mol. The number of unbranched alkanes of at least 4 members (excludes halogenated alkanes) is 2. The highest BCUT2D eigenvalue weighted by atomic mass is 35.5. The summed E-state index contributed by atoms with van der Waals surface area (Å²) in [5.74, 6) is -2.05. The Kier molecular flexibility index (Phi) is 11.2. The van der Waals surface area contributed by atoms with Gasteiger partial charge in [-0.1, -0.05) is 36.2 Å². The molecule has 4 rings (SSSR count). The fourth-order valence-corrected chi connectivity index (χ4v) is 5.28. The van der Waals surface area contributed by atoms with Gasteiger partial charge in [-0.3, -0.25) is 19.6 Å². The molecule has 1 saturated heterocycles. The minimum absolute atomic E-state index is 0.0177. The zero-order valence-corrected chi connectivity index (χ0v) is 25.6. The molecule has 12 heteroatoms. The van der Waals surface area contributed by atoms with E-state index < -0.39 is 17.6 Å². The number of anilines is 3. The van der Waals surface area contributed by atoms with Crippen molar-refractivity contribution in [1.29, 1.82) is 0 Å². The van der Waals surface area contributed by atoms with Gasteiger partial charge in [0, 0.05) is 67.2 Å². The molecule has 3 amide bonds. The van der Waals surface area contributed by atoms with Crippen LogP contribution in [0.2, 0.25) is 5.02 Å². The zero-order valence-electron chi connectivity index (χ0n) is 24.9. The number of halogens is 2. The number of piperazine rings is 1. The quantitative estimate of drug-likeness (QED) is 0.0890. The maximum Gasteiger partial charge on any atom is 0.257 e. The minimum atomic E-state index is -0.678. The van der Waals surface area contributed by atoms with Crippen molar-refractivity contribution in [3.63, 3.8) is 0 Å². The van der Waals surface area contributed by atoms with Gasteiger partial charge >= 0.3 is 0 Å². The summed E-state index contributed by atoms with van der Waals surface area (Å²) < 4.78 is 14.3. The lowest BCUT2D eigenvalue weighted by atomic mass is 10.00. The average Bonchev–Trinajstić information content (AvgIpc) is 3.03. The molecule has 0 radical (unpaired) electrons. The van der Waals surface area contributed by atoms with Crippen molar-refractivity contribution < 1.29 is 24.0 Å². The van der Waals surface area contributed by atoms with Crippen LogP contribution < -0.4 is 26.7 Å². The third kappa shape index (κ3) is 8.04. The number of hydrogen-bond acceptors (Lipinski definition) is 7. The number of benzene rings is 3. The van der Waals surface area contributed by atoms with Gasteiger partial charge in [-0.05, 0) is 62.7 Å². The summed E-state index contributed by atoms with van der Waals surface area (Å²) in [6, 6.07) is 14.3. The molecule has 6 N–H and O–H groups in total. The summed E-state index contributed by atoms with van der Waals surface area (Å²) in [5.41, 5.74) is 10.6. The zero-order chi connectivity index (χ0) is 31.8. The summed E-state index contributed by atoms with van der Waals surface area (Å²) >= 11 is 6.33. The SMILES string of the molecule is Cc1c(F)c(N)cc(C(=O)Nc2cc(C(=O)NCCCCCC(=O)NO)ccc2-c2ccc(N3CCN(C)CC3)cc2)c1Cl. The van der Waals surface area contributed by atoms with Crippen molar-refractivity contribution >= 4 is 46.4 Å². The summed E-state index contributed by atoms with van der Waals surface area (Å²) in [4.78, 5) is 42.2. The Balaban J connectivity index is 1.56. The van der Waals surface area contributed by atoms with Gasteiger partial charge in [-0.15, -0.1) is 0 Å². The fraction of sp³-hybridized carbons (Fsp3) is 0.344. The number of nitrogen functional groups attached to an aromatic ring is 1. The van der Waals surface area contributed by atoms with Gasteiger partial charge in [0.15, 0.2) is 5.82 Å². The van der Waals surface area contributed by atoms with E-state index in [0.717, 1.165) is 37.4 Å². The normalized spacial score (nSPS) is 13.4. The van der Waals surface area contributed by atoms with Crippen LogP contribution in [-0.4, -0.2) is 67.6 Å². The Morgan fingerprint density at radius 3 is 2.36 bits per heavy atom. The van der Waals surface area contributed by atoms with Crippen molar-refractivity contribution in [2.75, 3.05) is 55.7 Å². The maximum atomic E-state index is 14.3. The molecular formula is C32H38ClFN6O4. The number of nitrogens with zero attached hydrogens (tertiary/aromatic N) is 2. The van der Waals surface area contributed by atoms with Gasteiger partial charge in [-0.25, -0.2) is 9.87 Å². The number of nitrogens with two attached hydrogens (primary N) is 1. The van der Waals surface area contributed by atoms with Crippen molar-refractivity contribution in [3.05, 3.63) is 76.1 Å². The van der Waals surface area contributed by atoms with E-state index in [1.165, 1.54) is 13.0 Å². The van der Waals surface area contributed by atoms with Gasteiger partial charge in [-0.2, -0.15) is 0 Å². The van der Waals surface area contributed by atoms with E-state index in [0.29, 0.717) is 42.6 Å². The summed E-state index contributed by atoms with van der Waals surface area (Å²) in [5, 5.41) is 14.3. The summed E-state index contributed by atoms with van der Waals surface area (Å²) in [7, 11) is 2.11. The Bertz CT molecular complexity index is 1510. The highest BCUT2D eigenvalue weighted by Crippen LogP contribution is 2.33. The highest BCUT2D eigenvalue weighted by molar-refractivity contribution is 6.35. The van der Waals surface area contributed by atoms with Crippen molar-refractivity contribution in [3.8, 4) is 11.1 Å². The topological polar surface area (TPSA) is 140 Å². The number of likely N-dealkylation sites (N-methyl/N-ethyl adjacent to an activating group) is 1. The molecule has 0 spiro atoms. The van der Waals surface area contributed by atoms with Crippen LogP contribution >= 0.6 is 11.6 Å². The standard InChI is InChI=1S/C32H38ClFN6O4/c1-20-29(33)25(19-26(35)30(20)34)32(43)37-27-18-22(31(42)36-13-5-3-4-6-28(41)38-44)9-12-24(27)21-7-10-23(11-8-21)40-16-14-39(2)15-17-40/h7-12,18-19,44H,3-6,13-17,35H2,1-2H3,(H,36,42)(H,37,43)(H,38,41). The minimum Gasteiger partial charge on any atom is -0.396 e. The molecule has 0 aromatic heterocycles. The van der Waals surface area contributed by atoms with Crippen LogP contribution in [-0.2, 0) is 4.79 Å². The molecule has 0 aliphatic carbocycles. The molecule has 0 atom stereocenters. The summed E-state index contributed by atoms with van der Waals surface area (Å²) in [6.07, 6.45) is 2.12. The number of carbonyl (C=O) groups is 3. The monoisotopic (exact) mass is 624 g/mol. The molecule has 3 aromatic carbocycles. The van der Waals surface area contributed by atoms with Crippen molar-refractivity contribution in [2.24, 2.45) is 0 Å². The first-order chi connectivity index (χ1) is 21.1. The summed E-state index contributed by atoms with van der Waals surface area (Å²) in [6.45, 7) is 5.67. The smallest absolute Gasteiger partial charge is 0.257 e. The Labute approximate surface area is 261 Å². The Morgan fingerprint density at radius 2 is 1.68 bits per heavy atom. The number of nitrogens with one attached hydrogen (secondary N) is 3. The molecule has 1 heterocycles. The molecule has 10 nitrogen and oxygen atoms in total. The molecule has 1 fully saturated rings. The molecule has 1 aliphatic rings. The van der Waals surface area contributed by atoms with Gasteiger partial charge in [0.05, 0.1) is 16.3 Å². The molecule has 1 aliphatic heterocycles. The molecule has 44 heavy (non-hydrogen) atoms. The predicted octanol–water partition coefficient (Wildman–Crippen LogP) is 4.84. The molecule has 0 saturated carbocycles. The van der Waals surface area contributed by atoms with Crippen LogP contribution in [0.1, 0.15) is 52.0 Å². The molecular weight excluding hydrogens is 587 g/mol. The van der Waals surface area contributed by atoms with Crippen LogP contribution in [0.4, 0.5) is 21.5 Å². The number of hydrogen-bond donors (Lipinski definition) is 5. The van der Waals surface area contributed by atoms with E-state index in [4.69, 9.17) is 22.5 Å². The van der Waals surface area contributed by atoms with Gasteiger partial charge in [0.25, 0.3) is 11.8 Å². The first-order valence-electron chi connectivity index (χ1n) is 14.5.